The summed E-state index contributed by atoms with van der Waals surface area (Å²) in [4.78, 5) is 2.64. The number of hydrogen-bond acceptors (Lipinski definition) is 2. The van der Waals surface area contributed by atoms with Crippen LogP contribution in [0.3, 0.4) is 0 Å². The van der Waals surface area contributed by atoms with Gasteiger partial charge in [0.2, 0.25) is 0 Å². The fourth-order valence-electron chi connectivity index (χ4n) is 3.96. The van der Waals surface area contributed by atoms with Crippen molar-refractivity contribution in [1.29, 1.82) is 0 Å². The van der Waals surface area contributed by atoms with Crippen molar-refractivity contribution in [3.05, 3.63) is 0 Å². The first-order valence-electron chi connectivity index (χ1n) is 7.66. The van der Waals surface area contributed by atoms with Gasteiger partial charge in [0.1, 0.15) is 0 Å². The summed E-state index contributed by atoms with van der Waals surface area (Å²) < 4.78 is 0. The number of likely N-dealkylation sites (tertiary alicyclic amines) is 1. The van der Waals surface area contributed by atoms with Crippen LogP contribution in [0.2, 0.25) is 0 Å². The van der Waals surface area contributed by atoms with E-state index in [0.717, 1.165) is 23.9 Å². The Morgan fingerprint density at radius 1 is 1.12 bits per heavy atom. The summed E-state index contributed by atoms with van der Waals surface area (Å²) in [5.41, 5.74) is 0. The van der Waals surface area contributed by atoms with E-state index in [1.807, 2.05) is 0 Å². The molecule has 2 fully saturated rings. The molecule has 0 aromatic heterocycles. The lowest BCUT2D eigenvalue weighted by Gasteiger charge is -2.33. The predicted molar refractivity (Wildman–Crippen MR) is 74.2 cm³/mol. The molecule has 100 valence electrons. The van der Waals surface area contributed by atoms with Gasteiger partial charge in [-0.15, -0.1) is 0 Å². The topological polar surface area (TPSA) is 15.3 Å². The Morgan fingerprint density at radius 3 is 2.47 bits per heavy atom. The minimum atomic E-state index is 0.785. The molecule has 1 aliphatic carbocycles. The molecule has 2 aliphatic rings. The van der Waals surface area contributed by atoms with Gasteiger partial charge in [0.05, 0.1) is 0 Å². The average Bonchev–Trinajstić information content (AvgIpc) is 2.72. The van der Waals surface area contributed by atoms with Gasteiger partial charge in [-0.05, 0) is 57.0 Å². The van der Waals surface area contributed by atoms with E-state index in [-0.39, 0.29) is 0 Å². The Kier molecular flexibility index (Phi) is 4.87. The molecule has 2 nitrogen and oxygen atoms in total. The van der Waals surface area contributed by atoms with E-state index in [2.05, 4.69) is 31.0 Å². The first-order valence-corrected chi connectivity index (χ1v) is 7.66. The lowest BCUT2D eigenvalue weighted by atomic mass is 9.80. The summed E-state index contributed by atoms with van der Waals surface area (Å²) in [7, 11) is 0. The zero-order chi connectivity index (χ0) is 12.3. The van der Waals surface area contributed by atoms with Crippen molar-refractivity contribution in [3.63, 3.8) is 0 Å². The molecule has 0 radical (unpaired) electrons. The van der Waals surface area contributed by atoms with Gasteiger partial charge in [-0.25, -0.2) is 0 Å². The molecule has 17 heavy (non-hydrogen) atoms. The van der Waals surface area contributed by atoms with Crippen molar-refractivity contribution in [2.24, 2.45) is 11.8 Å². The molecule has 0 aromatic rings. The molecule has 0 aromatic carbocycles. The lowest BCUT2D eigenvalue weighted by Crippen LogP contribution is -2.44. The maximum Gasteiger partial charge on any atom is 0.0221 e. The van der Waals surface area contributed by atoms with Crippen LogP contribution in [0.15, 0.2) is 0 Å². The molecule has 3 unspecified atom stereocenters. The van der Waals surface area contributed by atoms with Gasteiger partial charge in [0, 0.05) is 18.6 Å². The van der Waals surface area contributed by atoms with Gasteiger partial charge in [-0.1, -0.05) is 20.8 Å². The molecule has 1 saturated carbocycles. The summed E-state index contributed by atoms with van der Waals surface area (Å²) in [6.45, 7) is 10.9. The Morgan fingerprint density at radius 2 is 1.82 bits per heavy atom. The van der Waals surface area contributed by atoms with Gasteiger partial charge in [0.25, 0.3) is 0 Å². The fraction of sp³-hybridized carbons (Fsp3) is 1.00. The molecule has 1 aliphatic heterocycles. The average molecular weight is 238 g/mol. The molecule has 0 amide bonds. The zero-order valence-electron chi connectivity index (χ0n) is 11.9. The molecule has 2 rings (SSSR count). The van der Waals surface area contributed by atoms with Gasteiger partial charge in [-0.3, -0.25) is 4.90 Å². The predicted octanol–water partition coefficient (Wildman–Crippen LogP) is 2.89. The van der Waals surface area contributed by atoms with Crippen molar-refractivity contribution < 1.29 is 0 Å². The second-order valence-corrected chi connectivity index (χ2v) is 6.45. The minimum Gasteiger partial charge on any atom is -0.312 e. The highest BCUT2D eigenvalue weighted by molar-refractivity contribution is 4.84. The summed E-state index contributed by atoms with van der Waals surface area (Å²) in [5.74, 6) is 1.84. The zero-order valence-corrected chi connectivity index (χ0v) is 11.9. The number of likely N-dealkylation sites (N-methyl/N-ethyl adjacent to an activating group) is 1. The van der Waals surface area contributed by atoms with E-state index in [1.54, 1.807) is 0 Å². The molecule has 1 N–H and O–H groups in total. The second kappa shape index (κ2) is 6.19. The van der Waals surface area contributed by atoms with Crippen LogP contribution in [0.1, 0.15) is 52.9 Å². The SMILES string of the molecule is CCN1CCCC1CNC1CC(C)CC(C)C1. The van der Waals surface area contributed by atoms with Crippen LogP contribution in [-0.2, 0) is 0 Å². The van der Waals surface area contributed by atoms with Gasteiger partial charge < -0.3 is 5.32 Å². The molecular weight excluding hydrogens is 208 g/mol. The number of nitrogens with one attached hydrogen (secondary N) is 1. The maximum atomic E-state index is 3.85. The van der Waals surface area contributed by atoms with Crippen molar-refractivity contribution in [2.75, 3.05) is 19.6 Å². The standard InChI is InChI=1S/C15H30N2/c1-4-17-7-5-6-15(17)11-16-14-9-12(2)8-13(3)10-14/h12-16H,4-11H2,1-3H3. The van der Waals surface area contributed by atoms with E-state index in [4.69, 9.17) is 0 Å². The Balaban J connectivity index is 1.73. The third-order valence-corrected chi connectivity index (χ3v) is 4.73. The van der Waals surface area contributed by atoms with Crippen molar-refractivity contribution in [2.45, 2.75) is 65.0 Å². The Labute approximate surface area is 107 Å². The summed E-state index contributed by atoms with van der Waals surface area (Å²) in [6, 6.07) is 1.60. The normalized spacial score (nSPS) is 39.7. The highest BCUT2D eigenvalue weighted by Gasteiger charge is 2.26. The van der Waals surface area contributed by atoms with Gasteiger partial charge in [0.15, 0.2) is 0 Å². The molecule has 1 heterocycles. The van der Waals surface area contributed by atoms with Crippen LogP contribution in [0, 0.1) is 11.8 Å². The van der Waals surface area contributed by atoms with Crippen LogP contribution in [0.5, 0.6) is 0 Å². The van der Waals surface area contributed by atoms with Crippen LogP contribution < -0.4 is 5.32 Å². The first-order chi connectivity index (χ1) is 8.19. The van der Waals surface area contributed by atoms with E-state index >= 15 is 0 Å². The first kappa shape index (κ1) is 13.4. The van der Waals surface area contributed by atoms with Crippen LogP contribution >= 0.6 is 0 Å². The number of rotatable bonds is 4. The maximum absolute atomic E-state index is 3.85. The fourth-order valence-corrected chi connectivity index (χ4v) is 3.96. The van der Waals surface area contributed by atoms with Crippen molar-refractivity contribution in [3.8, 4) is 0 Å². The molecule has 2 heteroatoms. The minimum absolute atomic E-state index is 0.785. The lowest BCUT2D eigenvalue weighted by molar-refractivity contribution is 0.210. The van der Waals surface area contributed by atoms with Crippen molar-refractivity contribution >= 4 is 0 Å². The second-order valence-electron chi connectivity index (χ2n) is 6.45. The summed E-state index contributed by atoms with van der Waals surface area (Å²) >= 11 is 0. The number of nitrogens with zero attached hydrogens (tertiary/aromatic N) is 1. The summed E-state index contributed by atoms with van der Waals surface area (Å²) in [5, 5.41) is 3.85. The van der Waals surface area contributed by atoms with Crippen molar-refractivity contribution in [1.82, 2.24) is 10.2 Å². The molecule has 0 bridgehead atoms. The van der Waals surface area contributed by atoms with E-state index in [0.29, 0.717) is 0 Å². The third kappa shape index (κ3) is 3.69. The summed E-state index contributed by atoms with van der Waals surface area (Å²) in [6.07, 6.45) is 7.02. The van der Waals surface area contributed by atoms with Gasteiger partial charge in [-0.2, -0.15) is 0 Å². The Bertz CT molecular complexity index is 219. The van der Waals surface area contributed by atoms with Crippen LogP contribution in [0.4, 0.5) is 0 Å². The van der Waals surface area contributed by atoms with E-state index in [1.165, 1.54) is 51.7 Å². The van der Waals surface area contributed by atoms with Gasteiger partial charge >= 0.3 is 0 Å². The van der Waals surface area contributed by atoms with E-state index in [9.17, 15) is 0 Å². The molecule has 0 spiro atoms. The molecular formula is C15H30N2. The van der Waals surface area contributed by atoms with E-state index < -0.39 is 0 Å². The monoisotopic (exact) mass is 238 g/mol. The molecule has 1 saturated heterocycles. The Hall–Kier alpha value is -0.0800. The largest absolute Gasteiger partial charge is 0.312 e. The quantitative estimate of drug-likeness (QED) is 0.810. The van der Waals surface area contributed by atoms with Crippen LogP contribution in [0.25, 0.3) is 0 Å². The third-order valence-electron chi connectivity index (χ3n) is 4.73. The van der Waals surface area contributed by atoms with Crippen LogP contribution in [-0.4, -0.2) is 36.6 Å². The smallest absolute Gasteiger partial charge is 0.0221 e. The highest BCUT2D eigenvalue weighted by Crippen LogP contribution is 2.28. The highest BCUT2D eigenvalue weighted by atomic mass is 15.2. The molecule has 3 atom stereocenters. The number of hydrogen-bond donors (Lipinski definition) is 1.